The van der Waals surface area contributed by atoms with Crippen LogP contribution in [0.15, 0.2) is 18.2 Å². The third-order valence-electron chi connectivity index (χ3n) is 2.83. The second kappa shape index (κ2) is 7.39. The van der Waals surface area contributed by atoms with Gasteiger partial charge in [0.25, 0.3) is 0 Å². The van der Waals surface area contributed by atoms with E-state index in [4.69, 9.17) is 4.74 Å². The summed E-state index contributed by atoms with van der Waals surface area (Å²) in [5.74, 6) is 0.607. The molecule has 0 fully saturated rings. The van der Waals surface area contributed by atoms with Crippen LogP contribution in [-0.2, 0) is 4.79 Å². The monoisotopic (exact) mass is 275 g/mol. The SMILES string of the molecule is CCN(CC(=O)NC(C)C)c1cc(OC)ccc1C#N. The number of nitrogens with one attached hydrogen (secondary N) is 1. The maximum Gasteiger partial charge on any atom is 0.239 e. The van der Waals surface area contributed by atoms with Gasteiger partial charge in [-0.25, -0.2) is 0 Å². The lowest BCUT2D eigenvalue weighted by molar-refractivity contribution is -0.120. The summed E-state index contributed by atoms with van der Waals surface area (Å²) in [7, 11) is 1.58. The predicted octanol–water partition coefficient (Wildman–Crippen LogP) is 1.92. The van der Waals surface area contributed by atoms with Crippen LogP contribution < -0.4 is 15.0 Å². The van der Waals surface area contributed by atoms with Gasteiger partial charge in [-0.15, -0.1) is 0 Å². The zero-order valence-corrected chi connectivity index (χ0v) is 12.4. The topological polar surface area (TPSA) is 65.4 Å². The number of hydrogen-bond acceptors (Lipinski definition) is 4. The molecule has 0 aromatic heterocycles. The number of benzene rings is 1. The van der Waals surface area contributed by atoms with Gasteiger partial charge < -0.3 is 15.0 Å². The highest BCUT2D eigenvalue weighted by atomic mass is 16.5. The maximum absolute atomic E-state index is 11.9. The molecule has 0 saturated carbocycles. The van der Waals surface area contributed by atoms with Gasteiger partial charge in [-0.3, -0.25) is 4.79 Å². The van der Waals surface area contributed by atoms with Crippen molar-refractivity contribution in [3.8, 4) is 11.8 Å². The third kappa shape index (κ3) is 4.16. The average Bonchev–Trinajstić information content (AvgIpc) is 2.43. The first kappa shape index (κ1) is 15.8. The molecule has 1 aromatic carbocycles. The largest absolute Gasteiger partial charge is 0.497 e. The van der Waals surface area contributed by atoms with E-state index in [0.29, 0.717) is 23.5 Å². The van der Waals surface area contributed by atoms with Crippen LogP contribution in [-0.4, -0.2) is 32.1 Å². The Balaban J connectivity index is 2.99. The molecular weight excluding hydrogens is 254 g/mol. The molecule has 0 bridgehead atoms. The summed E-state index contributed by atoms with van der Waals surface area (Å²) in [6, 6.07) is 7.47. The number of likely N-dealkylation sites (N-methyl/N-ethyl adjacent to an activating group) is 1. The fraction of sp³-hybridized carbons (Fsp3) is 0.467. The lowest BCUT2D eigenvalue weighted by Gasteiger charge is -2.24. The minimum atomic E-state index is -0.0615. The van der Waals surface area contributed by atoms with Gasteiger partial charge in [-0.1, -0.05) is 0 Å². The van der Waals surface area contributed by atoms with E-state index in [2.05, 4.69) is 11.4 Å². The van der Waals surface area contributed by atoms with Gasteiger partial charge in [0.2, 0.25) is 5.91 Å². The highest BCUT2D eigenvalue weighted by Crippen LogP contribution is 2.25. The van der Waals surface area contributed by atoms with Crippen LogP contribution in [0.3, 0.4) is 0 Å². The molecule has 1 aromatic rings. The minimum absolute atomic E-state index is 0.0615. The van der Waals surface area contributed by atoms with E-state index in [1.165, 1.54) is 0 Å². The van der Waals surface area contributed by atoms with Crippen LogP contribution in [0, 0.1) is 11.3 Å². The lowest BCUT2D eigenvalue weighted by atomic mass is 10.1. The van der Waals surface area contributed by atoms with Crippen molar-refractivity contribution in [2.75, 3.05) is 25.1 Å². The van der Waals surface area contributed by atoms with Gasteiger partial charge in [-0.05, 0) is 32.9 Å². The molecule has 1 N–H and O–H groups in total. The van der Waals surface area contributed by atoms with Crippen LogP contribution in [0.5, 0.6) is 5.75 Å². The van der Waals surface area contributed by atoms with Crippen LogP contribution >= 0.6 is 0 Å². The second-order valence-corrected chi connectivity index (χ2v) is 4.73. The first-order chi connectivity index (χ1) is 9.51. The number of amides is 1. The Labute approximate surface area is 120 Å². The molecule has 0 aliphatic carbocycles. The Morgan fingerprint density at radius 3 is 2.70 bits per heavy atom. The van der Waals surface area contributed by atoms with Gasteiger partial charge in [-0.2, -0.15) is 5.26 Å². The van der Waals surface area contributed by atoms with Gasteiger partial charge in [0.05, 0.1) is 24.9 Å². The van der Waals surface area contributed by atoms with E-state index in [0.717, 1.165) is 0 Å². The van der Waals surface area contributed by atoms with E-state index in [1.807, 2.05) is 25.7 Å². The predicted molar refractivity (Wildman–Crippen MR) is 78.9 cm³/mol. The van der Waals surface area contributed by atoms with E-state index in [-0.39, 0.29) is 18.5 Å². The van der Waals surface area contributed by atoms with Gasteiger partial charge in [0, 0.05) is 18.7 Å². The number of hydrogen-bond donors (Lipinski definition) is 1. The molecule has 0 saturated heterocycles. The Bertz CT molecular complexity index is 506. The molecular formula is C15H21N3O2. The Kier molecular flexibility index (Phi) is 5.85. The molecule has 0 aliphatic heterocycles. The van der Waals surface area contributed by atoms with Crippen molar-refractivity contribution in [3.63, 3.8) is 0 Å². The van der Waals surface area contributed by atoms with Gasteiger partial charge in [0.15, 0.2) is 0 Å². The van der Waals surface area contributed by atoms with Crippen LogP contribution in [0.1, 0.15) is 26.3 Å². The van der Waals surface area contributed by atoms with Crippen molar-refractivity contribution in [1.82, 2.24) is 5.32 Å². The zero-order valence-electron chi connectivity index (χ0n) is 12.4. The molecule has 0 unspecified atom stereocenters. The average molecular weight is 275 g/mol. The summed E-state index contributed by atoms with van der Waals surface area (Å²) >= 11 is 0. The molecule has 0 aliphatic rings. The fourth-order valence-corrected chi connectivity index (χ4v) is 1.90. The quantitative estimate of drug-likeness (QED) is 0.861. The molecule has 0 spiro atoms. The zero-order chi connectivity index (χ0) is 15.1. The maximum atomic E-state index is 11.9. The number of ether oxygens (including phenoxy) is 1. The molecule has 5 heteroatoms. The highest BCUT2D eigenvalue weighted by molar-refractivity contribution is 5.82. The second-order valence-electron chi connectivity index (χ2n) is 4.73. The number of rotatable bonds is 6. The summed E-state index contributed by atoms with van der Waals surface area (Å²) in [5.41, 5.74) is 1.25. The van der Waals surface area contributed by atoms with Crippen molar-refractivity contribution in [2.24, 2.45) is 0 Å². The van der Waals surface area contributed by atoms with Crippen LogP contribution in [0.4, 0.5) is 5.69 Å². The Morgan fingerprint density at radius 2 is 2.20 bits per heavy atom. The van der Waals surface area contributed by atoms with E-state index in [9.17, 15) is 10.1 Å². The molecule has 0 heterocycles. The number of carbonyl (C=O) groups is 1. The Morgan fingerprint density at radius 1 is 1.50 bits per heavy atom. The number of methoxy groups -OCH3 is 1. The molecule has 0 atom stereocenters. The van der Waals surface area contributed by atoms with E-state index >= 15 is 0 Å². The van der Waals surface area contributed by atoms with Crippen molar-refractivity contribution < 1.29 is 9.53 Å². The fourth-order valence-electron chi connectivity index (χ4n) is 1.90. The smallest absolute Gasteiger partial charge is 0.239 e. The number of nitriles is 1. The molecule has 1 amide bonds. The van der Waals surface area contributed by atoms with Crippen molar-refractivity contribution in [3.05, 3.63) is 23.8 Å². The van der Waals surface area contributed by atoms with Crippen molar-refractivity contribution in [2.45, 2.75) is 26.8 Å². The molecule has 0 radical (unpaired) electrons. The lowest BCUT2D eigenvalue weighted by Crippen LogP contribution is -2.40. The molecule has 20 heavy (non-hydrogen) atoms. The summed E-state index contributed by atoms with van der Waals surface area (Å²) in [6.45, 7) is 6.63. The number of carbonyl (C=O) groups excluding carboxylic acids is 1. The first-order valence-electron chi connectivity index (χ1n) is 6.64. The summed E-state index contributed by atoms with van der Waals surface area (Å²) in [6.07, 6.45) is 0. The molecule has 108 valence electrons. The third-order valence-corrected chi connectivity index (χ3v) is 2.83. The van der Waals surface area contributed by atoms with Crippen LogP contribution in [0.2, 0.25) is 0 Å². The highest BCUT2D eigenvalue weighted by Gasteiger charge is 2.15. The number of anilines is 1. The van der Waals surface area contributed by atoms with E-state index in [1.54, 1.807) is 25.3 Å². The molecule has 1 rings (SSSR count). The van der Waals surface area contributed by atoms with Gasteiger partial charge in [0.1, 0.15) is 11.8 Å². The van der Waals surface area contributed by atoms with Gasteiger partial charge >= 0.3 is 0 Å². The molecule has 5 nitrogen and oxygen atoms in total. The standard InChI is InChI=1S/C15H21N3O2/c1-5-18(10-15(19)17-11(2)3)14-8-13(20-4)7-6-12(14)9-16/h6-8,11H,5,10H2,1-4H3,(H,17,19). The summed E-state index contributed by atoms with van der Waals surface area (Å²) in [5, 5.41) is 12.0. The summed E-state index contributed by atoms with van der Waals surface area (Å²) in [4.78, 5) is 13.7. The van der Waals surface area contributed by atoms with E-state index < -0.39 is 0 Å². The van der Waals surface area contributed by atoms with Crippen molar-refractivity contribution in [1.29, 1.82) is 5.26 Å². The normalized spacial score (nSPS) is 10.0. The minimum Gasteiger partial charge on any atom is -0.497 e. The van der Waals surface area contributed by atoms with Crippen LogP contribution in [0.25, 0.3) is 0 Å². The Hall–Kier alpha value is -2.22. The number of nitrogens with zero attached hydrogens (tertiary/aromatic N) is 2. The van der Waals surface area contributed by atoms with Crippen molar-refractivity contribution >= 4 is 11.6 Å². The first-order valence-corrected chi connectivity index (χ1v) is 6.64. The summed E-state index contributed by atoms with van der Waals surface area (Å²) < 4.78 is 5.18.